The van der Waals surface area contributed by atoms with Gasteiger partial charge in [0.2, 0.25) is 5.91 Å². The molecule has 1 amide bonds. The maximum atomic E-state index is 12.9. The van der Waals surface area contributed by atoms with E-state index in [4.69, 9.17) is 25.8 Å². The van der Waals surface area contributed by atoms with Gasteiger partial charge in [-0.2, -0.15) is 0 Å². The Kier molecular flexibility index (Phi) is 6.32. The molecule has 0 bridgehead atoms. The fourth-order valence-corrected chi connectivity index (χ4v) is 4.64. The number of ether oxygens (including phenoxy) is 3. The van der Waals surface area contributed by atoms with Crippen LogP contribution in [0.5, 0.6) is 17.2 Å². The molecule has 0 aliphatic carbocycles. The van der Waals surface area contributed by atoms with E-state index >= 15 is 0 Å². The van der Waals surface area contributed by atoms with Crippen molar-refractivity contribution in [2.24, 2.45) is 0 Å². The number of halogens is 1. The van der Waals surface area contributed by atoms with Gasteiger partial charge in [0.15, 0.2) is 11.5 Å². The summed E-state index contributed by atoms with van der Waals surface area (Å²) in [5.41, 5.74) is 4.06. The van der Waals surface area contributed by atoms with Crippen molar-refractivity contribution < 1.29 is 19.0 Å². The molecule has 0 spiro atoms. The largest absolute Gasteiger partial charge is 0.497 e. The third-order valence-corrected chi connectivity index (χ3v) is 6.32. The topological polar surface area (TPSA) is 72.6 Å². The molecule has 1 aliphatic rings. The molecule has 0 radical (unpaired) electrons. The van der Waals surface area contributed by atoms with Gasteiger partial charge in [-0.3, -0.25) is 4.79 Å². The molecule has 7 heteroatoms. The van der Waals surface area contributed by atoms with Crippen LogP contribution < -0.4 is 19.5 Å². The Labute approximate surface area is 202 Å². The summed E-state index contributed by atoms with van der Waals surface area (Å²) in [6.45, 7) is 1.38. The zero-order valence-electron chi connectivity index (χ0n) is 18.8. The van der Waals surface area contributed by atoms with Crippen LogP contribution in [0, 0.1) is 0 Å². The average Bonchev–Trinajstić information content (AvgIpc) is 3.29. The van der Waals surface area contributed by atoms with Gasteiger partial charge in [0.1, 0.15) is 19.0 Å². The van der Waals surface area contributed by atoms with Crippen LogP contribution in [0.1, 0.15) is 22.6 Å². The Morgan fingerprint density at radius 1 is 1.12 bits per heavy atom. The average molecular weight is 477 g/mol. The van der Waals surface area contributed by atoms with E-state index in [0.29, 0.717) is 36.3 Å². The van der Waals surface area contributed by atoms with Crippen LogP contribution in [0.2, 0.25) is 5.02 Å². The van der Waals surface area contributed by atoms with Crippen LogP contribution in [0.15, 0.2) is 66.9 Å². The van der Waals surface area contributed by atoms with Crippen LogP contribution in [-0.2, 0) is 11.2 Å². The lowest BCUT2D eigenvalue weighted by Gasteiger charge is -2.21. The van der Waals surface area contributed by atoms with Crippen molar-refractivity contribution in [2.45, 2.75) is 12.3 Å². The lowest BCUT2D eigenvalue weighted by Crippen LogP contribution is -2.30. The van der Waals surface area contributed by atoms with Crippen LogP contribution in [0.3, 0.4) is 0 Å². The van der Waals surface area contributed by atoms with Gasteiger partial charge in [-0.15, -0.1) is 0 Å². The Hall–Kier alpha value is -3.64. The molecule has 3 aromatic carbocycles. The minimum Gasteiger partial charge on any atom is -0.497 e. The van der Waals surface area contributed by atoms with E-state index in [9.17, 15) is 4.79 Å². The molecule has 2 heterocycles. The highest BCUT2D eigenvalue weighted by Gasteiger charge is 2.21. The standard InChI is InChI=1S/C27H25ClN2O4/c1-32-19-8-6-18(7-9-19)21(22-16-29-24-5-3-2-4-20(22)24)15-30-26(31)14-17-12-23(28)27-25(13-17)33-10-11-34-27/h2-9,12-13,16,21,29H,10-11,14-15H2,1H3,(H,30,31). The first kappa shape index (κ1) is 22.2. The van der Waals surface area contributed by atoms with Gasteiger partial charge in [-0.25, -0.2) is 0 Å². The van der Waals surface area contributed by atoms with Crippen LogP contribution in [0.4, 0.5) is 0 Å². The molecule has 0 saturated heterocycles. The molecular weight excluding hydrogens is 452 g/mol. The molecule has 174 valence electrons. The van der Waals surface area contributed by atoms with Gasteiger partial charge < -0.3 is 24.5 Å². The number of aromatic nitrogens is 1. The number of aromatic amines is 1. The second kappa shape index (κ2) is 9.69. The van der Waals surface area contributed by atoms with E-state index in [0.717, 1.165) is 33.3 Å². The molecule has 0 fully saturated rings. The predicted molar refractivity (Wildman–Crippen MR) is 132 cm³/mol. The summed E-state index contributed by atoms with van der Waals surface area (Å²) >= 11 is 6.34. The number of carbonyl (C=O) groups excluding carboxylic acids is 1. The van der Waals surface area contributed by atoms with E-state index < -0.39 is 0 Å². The number of methoxy groups -OCH3 is 1. The second-order valence-corrected chi connectivity index (χ2v) is 8.61. The van der Waals surface area contributed by atoms with Gasteiger partial charge in [0.25, 0.3) is 0 Å². The SMILES string of the molecule is COc1ccc(C(CNC(=O)Cc2cc(Cl)c3c(c2)OCCO3)c2c[nH]c3ccccc23)cc1. The Morgan fingerprint density at radius 2 is 1.91 bits per heavy atom. The molecule has 2 N–H and O–H groups in total. The minimum absolute atomic E-state index is 0.0325. The van der Waals surface area contributed by atoms with Gasteiger partial charge in [0, 0.05) is 29.6 Å². The quantitative estimate of drug-likeness (QED) is 0.389. The maximum Gasteiger partial charge on any atom is 0.224 e. The Balaban J connectivity index is 1.36. The first-order valence-electron chi connectivity index (χ1n) is 11.2. The monoisotopic (exact) mass is 476 g/mol. The number of rotatable bonds is 7. The van der Waals surface area contributed by atoms with Crippen molar-refractivity contribution in [1.29, 1.82) is 0 Å². The highest BCUT2D eigenvalue weighted by Crippen LogP contribution is 2.38. The van der Waals surface area contributed by atoms with Crippen molar-refractivity contribution in [2.75, 3.05) is 26.9 Å². The lowest BCUT2D eigenvalue weighted by molar-refractivity contribution is -0.120. The molecule has 6 nitrogen and oxygen atoms in total. The van der Waals surface area contributed by atoms with E-state index in [2.05, 4.69) is 16.4 Å². The summed E-state index contributed by atoms with van der Waals surface area (Å²) in [4.78, 5) is 16.3. The van der Waals surface area contributed by atoms with Crippen molar-refractivity contribution in [3.63, 3.8) is 0 Å². The molecule has 5 rings (SSSR count). The third-order valence-electron chi connectivity index (χ3n) is 6.04. The number of H-pyrrole nitrogens is 1. The number of nitrogens with one attached hydrogen (secondary N) is 2. The molecule has 0 saturated carbocycles. The smallest absolute Gasteiger partial charge is 0.224 e. The predicted octanol–water partition coefficient (Wildman–Crippen LogP) is 5.09. The summed E-state index contributed by atoms with van der Waals surface area (Å²) in [5.74, 6) is 1.79. The van der Waals surface area contributed by atoms with Crippen LogP contribution >= 0.6 is 11.6 Å². The van der Waals surface area contributed by atoms with Gasteiger partial charge in [0.05, 0.1) is 18.6 Å². The number of hydrogen-bond donors (Lipinski definition) is 2. The maximum absolute atomic E-state index is 12.9. The lowest BCUT2D eigenvalue weighted by atomic mass is 9.90. The Morgan fingerprint density at radius 3 is 2.74 bits per heavy atom. The van der Waals surface area contributed by atoms with Crippen LogP contribution in [-0.4, -0.2) is 37.8 Å². The molecular formula is C27H25ClN2O4. The van der Waals surface area contributed by atoms with E-state index in [1.807, 2.05) is 54.7 Å². The minimum atomic E-state index is -0.0916. The summed E-state index contributed by atoms with van der Waals surface area (Å²) in [6, 6.07) is 19.7. The van der Waals surface area contributed by atoms with Crippen molar-refractivity contribution >= 4 is 28.4 Å². The fourth-order valence-electron chi connectivity index (χ4n) is 4.36. The van der Waals surface area contributed by atoms with Crippen molar-refractivity contribution in [3.8, 4) is 17.2 Å². The van der Waals surface area contributed by atoms with E-state index in [1.54, 1.807) is 13.2 Å². The highest BCUT2D eigenvalue weighted by molar-refractivity contribution is 6.32. The van der Waals surface area contributed by atoms with Crippen molar-refractivity contribution in [3.05, 3.63) is 88.6 Å². The zero-order valence-corrected chi connectivity index (χ0v) is 19.5. The molecule has 1 unspecified atom stereocenters. The number of hydrogen-bond acceptors (Lipinski definition) is 4. The molecule has 1 atom stereocenters. The van der Waals surface area contributed by atoms with Gasteiger partial charge in [-0.05, 0) is 47.0 Å². The number of fused-ring (bicyclic) bond motifs is 2. The van der Waals surface area contributed by atoms with Crippen LogP contribution in [0.25, 0.3) is 10.9 Å². The molecule has 1 aromatic heterocycles. The van der Waals surface area contributed by atoms with Gasteiger partial charge in [-0.1, -0.05) is 41.9 Å². The van der Waals surface area contributed by atoms with Crippen molar-refractivity contribution in [1.82, 2.24) is 10.3 Å². The number of benzene rings is 3. The highest BCUT2D eigenvalue weighted by atomic mass is 35.5. The summed E-state index contributed by atoms with van der Waals surface area (Å²) < 4.78 is 16.5. The third kappa shape index (κ3) is 4.54. The summed E-state index contributed by atoms with van der Waals surface area (Å²) in [6.07, 6.45) is 2.21. The number of amides is 1. The second-order valence-electron chi connectivity index (χ2n) is 8.20. The number of para-hydroxylation sites is 1. The first-order valence-corrected chi connectivity index (χ1v) is 11.5. The summed E-state index contributed by atoms with van der Waals surface area (Å²) in [5, 5.41) is 4.70. The Bertz CT molecular complexity index is 1320. The molecule has 4 aromatic rings. The van der Waals surface area contributed by atoms with Gasteiger partial charge >= 0.3 is 0 Å². The molecule has 34 heavy (non-hydrogen) atoms. The fraction of sp³-hybridized carbons (Fsp3) is 0.222. The summed E-state index contributed by atoms with van der Waals surface area (Å²) in [7, 11) is 1.65. The van der Waals surface area contributed by atoms with E-state index in [1.165, 1.54) is 0 Å². The zero-order chi connectivity index (χ0) is 23.5. The molecule has 1 aliphatic heterocycles. The number of carbonyl (C=O) groups is 1. The normalized spacial score (nSPS) is 13.5. The first-order chi connectivity index (χ1) is 16.6. The van der Waals surface area contributed by atoms with E-state index in [-0.39, 0.29) is 18.2 Å².